The molecule has 5 heteroatoms. The van der Waals surface area contributed by atoms with Gasteiger partial charge in [-0.25, -0.2) is 0 Å². The average Bonchev–Trinajstić information content (AvgIpc) is 2.63. The molecule has 25 heavy (non-hydrogen) atoms. The number of hydrogen-bond donors (Lipinski definition) is 3. The van der Waals surface area contributed by atoms with Crippen LogP contribution < -0.4 is 15.4 Å². The van der Waals surface area contributed by atoms with E-state index >= 15 is 0 Å². The summed E-state index contributed by atoms with van der Waals surface area (Å²) in [6.07, 6.45) is 4.16. The van der Waals surface area contributed by atoms with E-state index in [1.807, 2.05) is 36.5 Å². The largest absolute Gasteiger partial charge is 0.491 e. The summed E-state index contributed by atoms with van der Waals surface area (Å²) in [7, 11) is 0. The molecule has 2 aromatic rings. The van der Waals surface area contributed by atoms with Gasteiger partial charge in [0.25, 0.3) is 0 Å². The van der Waals surface area contributed by atoms with E-state index in [9.17, 15) is 5.11 Å². The number of nitrogens with one attached hydrogen (secondary N) is 2. The number of aromatic nitrogens is 1. The summed E-state index contributed by atoms with van der Waals surface area (Å²) in [4.78, 5) is 4.12. The lowest BCUT2D eigenvalue weighted by atomic mass is 10.2. The third-order valence-corrected chi connectivity index (χ3v) is 3.77. The topological polar surface area (TPSA) is 66.4 Å². The van der Waals surface area contributed by atoms with Gasteiger partial charge in [0, 0.05) is 31.5 Å². The van der Waals surface area contributed by atoms with Crippen molar-refractivity contribution in [3.05, 3.63) is 59.9 Å². The SMILES string of the molecule is CC(C)NCC(O)COc1ccc(CNCCc2cccnc2)cc1. The summed E-state index contributed by atoms with van der Waals surface area (Å²) in [6.45, 7) is 6.67. The van der Waals surface area contributed by atoms with Gasteiger partial charge < -0.3 is 20.5 Å². The summed E-state index contributed by atoms with van der Waals surface area (Å²) in [5, 5.41) is 16.5. The van der Waals surface area contributed by atoms with Gasteiger partial charge >= 0.3 is 0 Å². The molecule has 0 saturated carbocycles. The fourth-order valence-corrected chi connectivity index (χ4v) is 2.34. The Kier molecular flexibility index (Phi) is 8.39. The molecule has 3 N–H and O–H groups in total. The van der Waals surface area contributed by atoms with E-state index in [4.69, 9.17) is 4.74 Å². The number of aliphatic hydroxyl groups excluding tert-OH is 1. The number of aliphatic hydroxyl groups is 1. The Labute approximate surface area is 150 Å². The quantitative estimate of drug-likeness (QED) is 0.546. The molecular weight excluding hydrogens is 314 g/mol. The van der Waals surface area contributed by atoms with Gasteiger partial charge in [0.15, 0.2) is 0 Å². The molecule has 0 aliphatic heterocycles. The van der Waals surface area contributed by atoms with E-state index in [1.165, 1.54) is 11.1 Å². The molecule has 0 fully saturated rings. The predicted octanol–water partition coefficient (Wildman–Crippen LogP) is 2.15. The van der Waals surface area contributed by atoms with Crippen molar-refractivity contribution in [1.29, 1.82) is 0 Å². The molecule has 2 rings (SSSR count). The van der Waals surface area contributed by atoms with Crippen molar-refractivity contribution in [3.8, 4) is 5.75 Å². The Morgan fingerprint density at radius 3 is 2.60 bits per heavy atom. The van der Waals surface area contributed by atoms with Gasteiger partial charge in [0.05, 0.1) is 0 Å². The Hall–Kier alpha value is -1.95. The van der Waals surface area contributed by atoms with Crippen molar-refractivity contribution in [3.63, 3.8) is 0 Å². The van der Waals surface area contributed by atoms with Crippen LogP contribution in [0.5, 0.6) is 5.75 Å². The number of ether oxygens (including phenoxy) is 1. The zero-order valence-corrected chi connectivity index (χ0v) is 15.1. The highest BCUT2D eigenvalue weighted by Crippen LogP contribution is 2.12. The highest BCUT2D eigenvalue weighted by atomic mass is 16.5. The van der Waals surface area contributed by atoms with Crippen molar-refractivity contribution in [2.75, 3.05) is 19.7 Å². The molecule has 1 heterocycles. The molecule has 0 amide bonds. The standard InChI is InChI=1S/C20H29N3O2/c1-16(2)23-14-19(24)15-25-20-7-5-18(6-8-20)13-22-11-9-17-4-3-10-21-12-17/h3-8,10,12,16,19,22-24H,9,11,13-15H2,1-2H3. The van der Waals surface area contributed by atoms with Crippen LogP contribution >= 0.6 is 0 Å². The molecule has 136 valence electrons. The minimum Gasteiger partial charge on any atom is -0.491 e. The minimum absolute atomic E-state index is 0.294. The van der Waals surface area contributed by atoms with Gasteiger partial charge in [0.1, 0.15) is 18.5 Å². The van der Waals surface area contributed by atoms with Crippen molar-refractivity contribution in [2.24, 2.45) is 0 Å². The van der Waals surface area contributed by atoms with Gasteiger partial charge in [-0.2, -0.15) is 0 Å². The van der Waals surface area contributed by atoms with E-state index in [-0.39, 0.29) is 0 Å². The molecule has 0 aliphatic rings. The molecule has 1 unspecified atom stereocenters. The molecule has 1 aromatic heterocycles. The first-order valence-electron chi connectivity index (χ1n) is 8.86. The maximum atomic E-state index is 9.85. The number of benzene rings is 1. The second-order valence-electron chi connectivity index (χ2n) is 6.46. The van der Waals surface area contributed by atoms with Crippen LogP contribution in [0.25, 0.3) is 0 Å². The summed E-state index contributed by atoms with van der Waals surface area (Å²) in [5.41, 5.74) is 2.45. The first kappa shape index (κ1) is 19.4. The maximum absolute atomic E-state index is 9.85. The number of nitrogens with zero attached hydrogens (tertiary/aromatic N) is 1. The van der Waals surface area contributed by atoms with Gasteiger partial charge in [-0.1, -0.05) is 32.0 Å². The molecular formula is C20H29N3O2. The zero-order chi connectivity index (χ0) is 17.9. The summed E-state index contributed by atoms with van der Waals surface area (Å²) in [6, 6.07) is 12.4. The molecule has 0 bridgehead atoms. The van der Waals surface area contributed by atoms with E-state index in [2.05, 4.69) is 35.5 Å². The van der Waals surface area contributed by atoms with Gasteiger partial charge in [-0.05, 0) is 42.3 Å². The van der Waals surface area contributed by atoms with Crippen molar-refractivity contribution in [2.45, 2.75) is 39.0 Å². The van der Waals surface area contributed by atoms with Crippen LogP contribution in [0.1, 0.15) is 25.0 Å². The first-order chi connectivity index (χ1) is 12.1. The first-order valence-corrected chi connectivity index (χ1v) is 8.86. The smallest absolute Gasteiger partial charge is 0.119 e. The van der Waals surface area contributed by atoms with Crippen LogP contribution in [-0.4, -0.2) is 41.9 Å². The van der Waals surface area contributed by atoms with Crippen LogP contribution in [0.2, 0.25) is 0 Å². The Morgan fingerprint density at radius 1 is 1.12 bits per heavy atom. The van der Waals surface area contributed by atoms with Crippen LogP contribution in [0.15, 0.2) is 48.8 Å². The normalized spacial score (nSPS) is 12.3. The summed E-state index contributed by atoms with van der Waals surface area (Å²) in [5.74, 6) is 0.780. The molecule has 1 atom stereocenters. The van der Waals surface area contributed by atoms with Crippen molar-refractivity contribution < 1.29 is 9.84 Å². The third-order valence-electron chi connectivity index (χ3n) is 3.77. The molecule has 1 aromatic carbocycles. The minimum atomic E-state index is -0.504. The Balaban J connectivity index is 1.64. The highest BCUT2D eigenvalue weighted by Gasteiger charge is 2.06. The molecule has 0 spiro atoms. The second-order valence-corrected chi connectivity index (χ2v) is 6.46. The second kappa shape index (κ2) is 10.8. The molecule has 5 nitrogen and oxygen atoms in total. The monoisotopic (exact) mass is 343 g/mol. The van der Waals surface area contributed by atoms with Crippen LogP contribution in [0.4, 0.5) is 0 Å². The lowest BCUT2D eigenvalue weighted by molar-refractivity contribution is 0.104. The van der Waals surface area contributed by atoms with E-state index in [0.717, 1.165) is 25.3 Å². The van der Waals surface area contributed by atoms with Gasteiger partial charge in [-0.3, -0.25) is 4.98 Å². The fourth-order valence-electron chi connectivity index (χ4n) is 2.34. The lowest BCUT2D eigenvalue weighted by Gasteiger charge is -2.15. The summed E-state index contributed by atoms with van der Waals surface area (Å²) < 4.78 is 5.62. The van der Waals surface area contributed by atoms with E-state index < -0.39 is 6.10 Å². The average molecular weight is 343 g/mol. The van der Waals surface area contributed by atoms with E-state index in [1.54, 1.807) is 6.20 Å². The van der Waals surface area contributed by atoms with E-state index in [0.29, 0.717) is 19.2 Å². The number of rotatable bonds is 11. The Morgan fingerprint density at radius 2 is 1.92 bits per heavy atom. The van der Waals surface area contributed by atoms with Crippen molar-refractivity contribution >= 4 is 0 Å². The predicted molar refractivity (Wildman–Crippen MR) is 101 cm³/mol. The third kappa shape index (κ3) is 8.12. The van der Waals surface area contributed by atoms with Crippen molar-refractivity contribution in [1.82, 2.24) is 15.6 Å². The zero-order valence-electron chi connectivity index (χ0n) is 15.1. The maximum Gasteiger partial charge on any atom is 0.119 e. The highest BCUT2D eigenvalue weighted by molar-refractivity contribution is 5.27. The fraction of sp³-hybridized carbons (Fsp3) is 0.450. The number of pyridine rings is 1. The van der Waals surface area contributed by atoms with Crippen LogP contribution in [0, 0.1) is 0 Å². The summed E-state index contributed by atoms with van der Waals surface area (Å²) >= 11 is 0. The van der Waals surface area contributed by atoms with Gasteiger partial charge in [-0.15, -0.1) is 0 Å². The van der Waals surface area contributed by atoms with Crippen LogP contribution in [0.3, 0.4) is 0 Å². The molecule has 0 saturated heterocycles. The lowest BCUT2D eigenvalue weighted by Crippen LogP contribution is -2.35. The Bertz CT molecular complexity index is 588. The molecule has 0 radical (unpaired) electrons. The van der Waals surface area contributed by atoms with Crippen LogP contribution in [-0.2, 0) is 13.0 Å². The number of hydrogen-bond acceptors (Lipinski definition) is 5. The van der Waals surface area contributed by atoms with Gasteiger partial charge in [0.2, 0.25) is 0 Å². The molecule has 0 aliphatic carbocycles.